The molecule has 2 atom stereocenters. The maximum absolute atomic E-state index is 2.53. The van der Waals surface area contributed by atoms with Gasteiger partial charge in [-0.15, -0.1) is 0 Å². The highest BCUT2D eigenvalue weighted by Crippen LogP contribution is 2.50. The lowest BCUT2D eigenvalue weighted by atomic mass is 9.86. The highest BCUT2D eigenvalue weighted by molar-refractivity contribution is 6.10. The van der Waals surface area contributed by atoms with Crippen LogP contribution in [-0.4, -0.2) is 10.6 Å². The number of nitrogens with zero attached hydrogens (tertiary/aromatic N) is 2. The van der Waals surface area contributed by atoms with Gasteiger partial charge < -0.3 is 9.47 Å². The van der Waals surface area contributed by atoms with E-state index in [0.29, 0.717) is 0 Å². The summed E-state index contributed by atoms with van der Waals surface area (Å²) in [5.74, 6) is 0.234. The largest absolute Gasteiger partial charge is 0.333 e. The van der Waals surface area contributed by atoms with Crippen molar-refractivity contribution in [1.82, 2.24) is 4.57 Å². The molecule has 0 fully saturated rings. The minimum absolute atomic E-state index is 0.189. The summed E-state index contributed by atoms with van der Waals surface area (Å²) in [5.41, 5.74) is 17.3. The zero-order valence-corrected chi connectivity index (χ0v) is 30.8. The van der Waals surface area contributed by atoms with Gasteiger partial charge in [-0.2, -0.15) is 0 Å². The molecule has 1 aliphatic carbocycles. The average Bonchev–Trinajstić information content (AvgIpc) is 3.79. The van der Waals surface area contributed by atoms with Crippen molar-refractivity contribution in [2.75, 3.05) is 4.90 Å². The molecule has 0 spiro atoms. The molecule has 9 aromatic rings. The van der Waals surface area contributed by atoms with Crippen LogP contribution in [0.2, 0.25) is 0 Å². The second-order valence-electron chi connectivity index (χ2n) is 14.9. The monoisotopic (exact) mass is 714 g/mol. The fourth-order valence-electron chi connectivity index (χ4n) is 9.05. The van der Waals surface area contributed by atoms with Gasteiger partial charge in [0.2, 0.25) is 0 Å². The molecule has 0 N–H and O–H groups in total. The number of para-hydroxylation sites is 2. The van der Waals surface area contributed by atoms with Gasteiger partial charge in [0.1, 0.15) is 0 Å². The Kier molecular flexibility index (Phi) is 7.67. The van der Waals surface area contributed by atoms with E-state index in [4.69, 9.17) is 0 Å². The lowest BCUT2D eigenvalue weighted by molar-refractivity contribution is 0.747. The van der Waals surface area contributed by atoms with Crippen molar-refractivity contribution in [2.24, 2.45) is 0 Å². The van der Waals surface area contributed by atoms with E-state index in [1.165, 1.54) is 88.9 Å². The first-order valence-electron chi connectivity index (χ1n) is 19.5. The van der Waals surface area contributed by atoms with Gasteiger partial charge in [0.25, 0.3) is 0 Å². The summed E-state index contributed by atoms with van der Waals surface area (Å²) < 4.78 is 2.42. The average molecular weight is 715 g/mol. The molecule has 0 saturated heterocycles. The van der Waals surface area contributed by atoms with Gasteiger partial charge in [0.05, 0.1) is 17.1 Å². The van der Waals surface area contributed by atoms with Gasteiger partial charge in [-0.05, 0) is 98.6 Å². The minimum atomic E-state index is 0.189. The predicted molar refractivity (Wildman–Crippen MR) is 236 cm³/mol. The molecule has 56 heavy (non-hydrogen) atoms. The van der Waals surface area contributed by atoms with Crippen LogP contribution >= 0.6 is 0 Å². The summed E-state index contributed by atoms with van der Waals surface area (Å²) in [6.07, 6.45) is 7.26. The molecule has 2 heteroatoms. The number of benzene rings is 8. The molecule has 264 valence electrons. The molecule has 2 nitrogen and oxygen atoms in total. The molecule has 1 aromatic heterocycles. The summed E-state index contributed by atoms with van der Waals surface area (Å²) in [6, 6.07) is 73.1. The Morgan fingerprint density at radius 2 is 0.929 bits per heavy atom. The minimum Gasteiger partial charge on any atom is -0.333 e. The third-order valence-corrected chi connectivity index (χ3v) is 11.7. The fraction of sp³-hybridized carbons (Fsp3) is 0.0370. The number of allylic oxidation sites excluding steroid dienone is 2. The number of anilines is 2. The van der Waals surface area contributed by atoms with E-state index in [1.807, 2.05) is 0 Å². The third-order valence-electron chi connectivity index (χ3n) is 11.7. The van der Waals surface area contributed by atoms with Gasteiger partial charge >= 0.3 is 0 Å². The van der Waals surface area contributed by atoms with Gasteiger partial charge in [-0.25, -0.2) is 0 Å². The lowest BCUT2D eigenvalue weighted by Gasteiger charge is -2.30. The first kappa shape index (κ1) is 32.3. The zero-order valence-electron chi connectivity index (χ0n) is 30.8. The molecule has 2 aliphatic rings. The van der Waals surface area contributed by atoms with Crippen molar-refractivity contribution in [2.45, 2.75) is 12.0 Å². The van der Waals surface area contributed by atoms with Crippen molar-refractivity contribution in [1.29, 1.82) is 0 Å². The molecule has 0 radical (unpaired) electrons. The fourth-order valence-corrected chi connectivity index (χ4v) is 9.05. The van der Waals surface area contributed by atoms with Crippen molar-refractivity contribution < 1.29 is 0 Å². The smallest absolute Gasteiger partial charge is 0.0630 e. The normalized spacial score (nSPS) is 15.9. The highest BCUT2D eigenvalue weighted by Gasteiger charge is 2.38. The van der Waals surface area contributed by atoms with Crippen LogP contribution in [0.1, 0.15) is 17.0 Å². The summed E-state index contributed by atoms with van der Waals surface area (Å²) in [5, 5.41) is 2.53. The van der Waals surface area contributed by atoms with Crippen LogP contribution in [0.15, 0.2) is 218 Å². The van der Waals surface area contributed by atoms with E-state index in [-0.39, 0.29) is 12.0 Å². The van der Waals surface area contributed by atoms with Gasteiger partial charge in [0, 0.05) is 33.8 Å². The van der Waals surface area contributed by atoms with Crippen molar-refractivity contribution in [3.8, 4) is 39.1 Å². The van der Waals surface area contributed by atoms with Crippen LogP contribution < -0.4 is 4.90 Å². The Balaban J connectivity index is 0.945. The van der Waals surface area contributed by atoms with Gasteiger partial charge in [-0.1, -0.05) is 170 Å². The molecule has 0 saturated carbocycles. The Labute approximate surface area is 327 Å². The SMILES string of the molecule is C1=CC2C(C=C1c1ccc3c(c1)c1ccccc1n3-c1cccc(-c3ccccc3)c1)c1ccccc1N2c1cccc(-c2ccc(-c3ccccc3)cc2)c1. The van der Waals surface area contributed by atoms with E-state index < -0.39 is 0 Å². The Bertz CT molecular complexity index is 2970. The molecule has 0 amide bonds. The summed E-state index contributed by atoms with van der Waals surface area (Å²) >= 11 is 0. The van der Waals surface area contributed by atoms with Crippen LogP contribution in [-0.2, 0) is 0 Å². The molecule has 0 bridgehead atoms. The third kappa shape index (κ3) is 5.41. The Morgan fingerprint density at radius 3 is 1.70 bits per heavy atom. The van der Waals surface area contributed by atoms with Crippen LogP contribution in [0.25, 0.3) is 66.4 Å². The van der Waals surface area contributed by atoms with E-state index in [2.05, 4.69) is 228 Å². The van der Waals surface area contributed by atoms with E-state index >= 15 is 0 Å². The van der Waals surface area contributed by atoms with E-state index in [1.54, 1.807) is 0 Å². The highest BCUT2D eigenvalue weighted by atomic mass is 15.2. The lowest BCUT2D eigenvalue weighted by Crippen LogP contribution is -2.29. The molecule has 2 heterocycles. The quantitative estimate of drug-likeness (QED) is 0.166. The number of hydrogen-bond donors (Lipinski definition) is 0. The predicted octanol–water partition coefficient (Wildman–Crippen LogP) is 14.0. The van der Waals surface area contributed by atoms with Crippen LogP contribution in [0.4, 0.5) is 11.4 Å². The van der Waals surface area contributed by atoms with Crippen LogP contribution in [0.5, 0.6) is 0 Å². The molecule has 1 aliphatic heterocycles. The number of fused-ring (bicyclic) bond motifs is 6. The maximum Gasteiger partial charge on any atom is 0.0630 e. The molecular formula is C54H38N2. The topological polar surface area (TPSA) is 8.17 Å². The molecule has 2 unspecified atom stereocenters. The van der Waals surface area contributed by atoms with Gasteiger partial charge in [0.15, 0.2) is 0 Å². The molecule has 11 rings (SSSR count). The summed E-state index contributed by atoms with van der Waals surface area (Å²) in [6.45, 7) is 0. The summed E-state index contributed by atoms with van der Waals surface area (Å²) in [4.78, 5) is 2.53. The number of rotatable bonds is 6. The van der Waals surface area contributed by atoms with Gasteiger partial charge in [-0.3, -0.25) is 0 Å². The van der Waals surface area contributed by atoms with Crippen LogP contribution in [0, 0.1) is 0 Å². The Hall–Kier alpha value is -7.16. The van der Waals surface area contributed by atoms with Crippen molar-refractivity contribution in [3.63, 3.8) is 0 Å². The number of hydrogen-bond acceptors (Lipinski definition) is 1. The van der Waals surface area contributed by atoms with Crippen LogP contribution in [0.3, 0.4) is 0 Å². The first-order valence-corrected chi connectivity index (χ1v) is 19.5. The van der Waals surface area contributed by atoms with Crippen molar-refractivity contribution in [3.05, 3.63) is 230 Å². The molecular weight excluding hydrogens is 677 g/mol. The van der Waals surface area contributed by atoms with Crippen molar-refractivity contribution >= 4 is 38.8 Å². The molecule has 8 aromatic carbocycles. The first-order chi connectivity index (χ1) is 27.8. The second-order valence-corrected chi connectivity index (χ2v) is 14.9. The van der Waals surface area contributed by atoms with E-state index in [0.717, 1.165) is 0 Å². The van der Waals surface area contributed by atoms with E-state index in [9.17, 15) is 0 Å². The number of aromatic nitrogens is 1. The Morgan fingerprint density at radius 1 is 0.375 bits per heavy atom. The zero-order chi connectivity index (χ0) is 37.0. The maximum atomic E-state index is 2.53. The second kappa shape index (κ2) is 13.3. The summed E-state index contributed by atoms with van der Waals surface area (Å²) in [7, 11) is 0. The standard InChI is InChI=1S/C54H38N2/c1-3-13-37(14-4-1)39-25-27-40(28-26-39)42-18-12-20-46(34-42)56-52-24-10-8-22-48(52)50-36-44(30-32-54(50)56)43-29-31-53-49(35-43)47-21-7-9-23-51(47)55(53)45-19-11-17-41(33-45)38-15-5-2-6-16-38/h1-36,50,54H.